The van der Waals surface area contributed by atoms with Gasteiger partial charge in [-0.3, -0.25) is 4.90 Å². The van der Waals surface area contributed by atoms with Crippen molar-refractivity contribution in [1.29, 1.82) is 0 Å². The number of benzene rings is 1. The third kappa shape index (κ3) is 4.58. The number of likely N-dealkylation sites (N-methyl/N-ethyl adjacent to an activating group) is 1. The van der Waals surface area contributed by atoms with Crippen molar-refractivity contribution in [2.75, 3.05) is 40.3 Å². The second kappa shape index (κ2) is 8.40. The van der Waals surface area contributed by atoms with Crippen LogP contribution in [-0.2, 0) is 0 Å². The van der Waals surface area contributed by atoms with E-state index in [4.69, 9.17) is 5.73 Å². The molecule has 0 saturated carbocycles. The molecular formula is C17H31N3. The number of hydrogen-bond donors (Lipinski definition) is 1. The van der Waals surface area contributed by atoms with Gasteiger partial charge in [0.05, 0.1) is 0 Å². The molecule has 0 fully saturated rings. The van der Waals surface area contributed by atoms with Gasteiger partial charge >= 0.3 is 0 Å². The van der Waals surface area contributed by atoms with E-state index >= 15 is 0 Å². The van der Waals surface area contributed by atoms with Crippen LogP contribution < -0.4 is 5.73 Å². The predicted octanol–water partition coefficient (Wildman–Crippen LogP) is 2.58. The molecular weight excluding hydrogens is 246 g/mol. The first-order valence-electron chi connectivity index (χ1n) is 7.66. The van der Waals surface area contributed by atoms with Crippen LogP contribution in [0.4, 0.5) is 0 Å². The van der Waals surface area contributed by atoms with E-state index < -0.39 is 0 Å². The molecule has 3 heteroatoms. The van der Waals surface area contributed by atoms with Gasteiger partial charge in [-0.2, -0.15) is 0 Å². The van der Waals surface area contributed by atoms with Crippen LogP contribution in [0.5, 0.6) is 0 Å². The molecule has 0 aliphatic heterocycles. The minimum atomic E-state index is 0.336. The van der Waals surface area contributed by atoms with Crippen molar-refractivity contribution in [1.82, 2.24) is 9.80 Å². The molecule has 2 N–H and O–H groups in total. The molecule has 0 spiro atoms. The SMILES string of the molecule is CCN(CCCN(C)C)C(CN)c1c(C)cccc1C. The Balaban J connectivity index is 2.86. The molecule has 1 aromatic carbocycles. The fourth-order valence-electron chi connectivity index (χ4n) is 2.93. The van der Waals surface area contributed by atoms with E-state index in [0.717, 1.165) is 19.6 Å². The lowest BCUT2D eigenvalue weighted by molar-refractivity contribution is 0.200. The number of nitrogens with zero attached hydrogens (tertiary/aromatic N) is 2. The molecule has 0 aliphatic rings. The highest BCUT2D eigenvalue weighted by Crippen LogP contribution is 2.26. The molecule has 3 nitrogen and oxygen atoms in total. The van der Waals surface area contributed by atoms with Gasteiger partial charge < -0.3 is 10.6 Å². The smallest absolute Gasteiger partial charge is 0.0475 e. The topological polar surface area (TPSA) is 32.5 Å². The van der Waals surface area contributed by atoms with Crippen molar-refractivity contribution in [3.8, 4) is 0 Å². The Bertz CT molecular complexity index is 381. The van der Waals surface area contributed by atoms with Crippen molar-refractivity contribution in [2.45, 2.75) is 33.2 Å². The first kappa shape index (κ1) is 17.2. The van der Waals surface area contributed by atoms with Crippen LogP contribution >= 0.6 is 0 Å². The Morgan fingerprint density at radius 1 is 1.10 bits per heavy atom. The number of rotatable bonds is 8. The molecule has 0 amide bonds. The second-order valence-corrected chi connectivity index (χ2v) is 5.84. The van der Waals surface area contributed by atoms with Crippen LogP contribution in [0.15, 0.2) is 18.2 Å². The molecule has 1 unspecified atom stereocenters. The molecule has 20 heavy (non-hydrogen) atoms. The zero-order valence-corrected chi connectivity index (χ0v) is 13.8. The summed E-state index contributed by atoms with van der Waals surface area (Å²) in [5.41, 5.74) is 10.2. The zero-order chi connectivity index (χ0) is 15.1. The van der Waals surface area contributed by atoms with Gasteiger partial charge in [0, 0.05) is 19.1 Å². The summed E-state index contributed by atoms with van der Waals surface area (Å²) in [6, 6.07) is 6.85. The monoisotopic (exact) mass is 277 g/mol. The van der Waals surface area contributed by atoms with E-state index in [9.17, 15) is 0 Å². The maximum absolute atomic E-state index is 6.10. The van der Waals surface area contributed by atoms with Crippen molar-refractivity contribution < 1.29 is 0 Å². The third-order valence-electron chi connectivity index (χ3n) is 4.00. The number of hydrogen-bond acceptors (Lipinski definition) is 3. The first-order chi connectivity index (χ1) is 9.51. The van der Waals surface area contributed by atoms with Gasteiger partial charge in [-0.15, -0.1) is 0 Å². The quantitative estimate of drug-likeness (QED) is 0.793. The van der Waals surface area contributed by atoms with Crippen molar-refractivity contribution in [2.24, 2.45) is 5.73 Å². The second-order valence-electron chi connectivity index (χ2n) is 5.84. The fourth-order valence-corrected chi connectivity index (χ4v) is 2.93. The summed E-state index contributed by atoms with van der Waals surface area (Å²) < 4.78 is 0. The van der Waals surface area contributed by atoms with Crippen molar-refractivity contribution in [3.63, 3.8) is 0 Å². The third-order valence-corrected chi connectivity index (χ3v) is 4.00. The van der Waals surface area contributed by atoms with E-state index in [1.54, 1.807) is 0 Å². The highest BCUT2D eigenvalue weighted by Gasteiger charge is 2.20. The van der Waals surface area contributed by atoms with E-state index in [2.05, 4.69) is 62.9 Å². The average Bonchev–Trinajstić information content (AvgIpc) is 2.40. The first-order valence-corrected chi connectivity index (χ1v) is 7.66. The van der Waals surface area contributed by atoms with Gasteiger partial charge in [0.15, 0.2) is 0 Å². The summed E-state index contributed by atoms with van der Waals surface area (Å²) >= 11 is 0. The summed E-state index contributed by atoms with van der Waals surface area (Å²) in [6.45, 7) is 10.6. The minimum absolute atomic E-state index is 0.336. The molecule has 0 heterocycles. The molecule has 0 saturated heterocycles. The Hall–Kier alpha value is -0.900. The highest BCUT2D eigenvalue weighted by molar-refractivity contribution is 5.36. The lowest BCUT2D eigenvalue weighted by Gasteiger charge is -2.32. The van der Waals surface area contributed by atoms with Crippen molar-refractivity contribution >= 4 is 0 Å². The molecule has 1 aromatic rings. The summed E-state index contributed by atoms with van der Waals surface area (Å²) in [7, 11) is 4.25. The molecule has 0 aromatic heterocycles. The molecule has 1 rings (SSSR count). The lowest BCUT2D eigenvalue weighted by atomic mass is 9.95. The summed E-state index contributed by atoms with van der Waals surface area (Å²) in [4.78, 5) is 4.75. The van der Waals surface area contributed by atoms with Gasteiger partial charge in [-0.05, 0) is 64.1 Å². The minimum Gasteiger partial charge on any atom is -0.329 e. The van der Waals surface area contributed by atoms with Gasteiger partial charge in [-0.1, -0.05) is 25.1 Å². The zero-order valence-electron chi connectivity index (χ0n) is 13.8. The maximum Gasteiger partial charge on any atom is 0.0475 e. The van der Waals surface area contributed by atoms with Crippen LogP contribution in [0.2, 0.25) is 0 Å². The summed E-state index contributed by atoms with van der Waals surface area (Å²) in [5.74, 6) is 0. The van der Waals surface area contributed by atoms with Crippen LogP contribution in [0, 0.1) is 13.8 Å². The molecule has 0 aliphatic carbocycles. The fraction of sp³-hybridized carbons (Fsp3) is 0.647. The predicted molar refractivity (Wildman–Crippen MR) is 88.1 cm³/mol. The standard InChI is InChI=1S/C17H31N3/c1-6-20(12-8-11-19(4)5)16(13-18)17-14(2)9-7-10-15(17)3/h7,9-10,16H,6,8,11-13,18H2,1-5H3. The van der Waals surface area contributed by atoms with Gasteiger partial charge in [-0.25, -0.2) is 0 Å². The van der Waals surface area contributed by atoms with Gasteiger partial charge in [0.1, 0.15) is 0 Å². The van der Waals surface area contributed by atoms with E-state index in [1.165, 1.54) is 23.1 Å². The maximum atomic E-state index is 6.10. The lowest BCUT2D eigenvalue weighted by Crippen LogP contribution is -2.36. The average molecular weight is 277 g/mol. The van der Waals surface area contributed by atoms with E-state index in [1.807, 2.05) is 0 Å². The van der Waals surface area contributed by atoms with E-state index in [-0.39, 0.29) is 0 Å². The Morgan fingerprint density at radius 3 is 2.15 bits per heavy atom. The number of aryl methyl sites for hydroxylation is 2. The number of nitrogens with two attached hydrogens (primary N) is 1. The van der Waals surface area contributed by atoms with Gasteiger partial charge in [0.2, 0.25) is 0 Å². The summed E-state index contributed by atoms with van der Waals surface area (Å²) in [6.07, 6.45) is 1.18. The molecule has 0 radical (unpaired) electrons. The van der Waals surface area contributed by atoms with Crippen LogP contribution in [0.25, 0.3) is 0 Å². The summed E-state index contributed by atoms with van der Waals surface area (Å²) in [5, 5.41) is 0. The normalized spacial score (nSPS) is 13.2. The Morgan fingerprint density at radius 2 is 1.70 bits per heavy atom. The molecule has 0 bridgehead atoms. The highest BCUT2D eigenvalue weighted by atomic mass is 15.2. The Kier molecular flexibility index (Phi) is 7.20. The van der Waals surface area contributed by atoms with Crippen LogP contribution in [0.3, 0.4) is 0 Å². The van der Waals surface area contributed by atoms with Crippen molar-refractivity contribution in [3.05, 3.63) is 34.9 Å². The van der Waals surface area contributed by atoms with Gasteiger partial charge in [0.25, 0.3) is 0 Å². The molecule has 1 atom stereocenters. The largest absolute Gasteiger partial charge is 0.329 e. The molecule has 114 valence electrons. The van der Waals surface area contributed by atoms with E-state index in [0.29, 0.717) is 12.6 Å². The van der Waals surface area contributed by atoms with Crippen LogP contribution in [0.1, 0.15) is 36.1 Å². The Labute approximate surface area is 124 Å². The van der Waals surface area contributed by atoms with Crippen LogP contribution in [-0.4, -0.2) is 50.1 Å².